The lowest BCUT2D eigenvalue weighted by molar-refractivity contribution is 0.618. The Kier molecular flexibility index (Phi) is 3.75. The average Bonchev–Trinajstić information content (AvgIpc) is 2.78. The fourth-order valence-corrected chi connectivity index (χ4v) is 1.65. The third-order valence-corrected chi connectivity index (χ3v) is 2.57. The van der Waals surface area contributed by atoms with Crippen LogP contribution >= 0.6 is 0 Å². The van der Waals surface area contributed by atoms with Gasteiger partial charge in [0.05, 0.1) is 5.69 Å². The second-order valence-corrected chi connectivity index (χ2v) is 3.85. The smallest absolute Gasteiger partial charge is 0.207 e. The number of hydrogen-bond acceptors (Lipinski definition) is 2. The van der Waals surface area contributed by atoms with Crippen LogP contribution in [0, 0.1) is 5.82 Å². The summed E-state index contributed by atoms with van der Waals surface area (Å²) in [7, 11) is 0. The van der Waals surface area contributed by atoms with E-state index in [0.717, 1.165) is 19.4 Å². The van der Waals surface area contributed by atoms with Crippen LogP contribution in [0.1, 0.15) is 19.8 Å². The number of para-hydroxylation sites is 1. The van der Waals surface area contributed by atoms with Crippen molar-refractivity contribution < 1.29 is 4.39 Å². The highest BCUT2D eigenvalue weighted by Gasteiger charge is 2.07. The minimum absolute atomic E-state index is 0.246. The Morgan fingerprint density at radius 1 is 1.35 bits per heavy atom. The molecule has 0 amide bonds. The molecule has 0 radical (unpaired) electrons. The molecule has 0 saturated carbocycles. The SMILES string of the molecule is CCCCNc1nccn1-c1ccccc1F. The van der Waals surface area contributed by atoms with Crippen LogP contribution < -0.4 is 5.32 Å². The normalized spacial score (nSPS) is 10.5. The summed E-state index contributed by atoms with van der Waals surface area (Å²) in [6.45, 7) is 2.98. The van der Waals surface area contributed by atoms with E-state index in [1.165, 1.54) is 6.07 Å². The number of rotatable bonds is 5. The number of unbranched alkanes of at least 4 members (excludes halogenated alkanes) is 1. The van der Waals surface area contributed by atoms with Crippen LogP contribution in [0.3, 0.4) is 0 Å². The first-order chi connectivity index (χ1) is 8.33. The van der Waals surface area contributed by atoms with Crippen LogP contribution in [0.2, 0.25) is 0 Å². The molecule has 1 aromatic carbocycles. The third kappa shape index (κ3) is 2.64. The Morgan fingerprint density at radius 3 is 2.94 bits per heavy atom. The lowest BCUT2D eigenvalue weighted by Gasteiger charge is -2.10. The summed E-state index contributed by atoms with van der Waals surface area (Å²) < 4.78 is 15.4. The number of anilines is 1. The van der Waals surface area contributed by atoms with E-state index in [1.54, 1.807) is 29.1 Å². The summed E-state index contributed by atoms with van der Waals surface area (Å²) in [5.41, 5.74) is 0.518. The van der Waals surface area contributed by atoms with Gasteiger partial charge < -0.3 is 5.32 Å². The highest BCUT2D eigenvalue weighted by molar-refractivity contribution is 5.42. The summed E-state index contributed by atoms with van der Waals surface area (Å²) in [5, 5.41) is 3.21. The maximum absolute atomic E-state index is 13.6. The summed E-state index contributed by atoms with van der Waals surface area (Å²) in [6.07, 6.45) is 5.62. The number of halogens is 1. The maximum Gasteiger partial charge on any atom is 0.207 e. The van der Waals surface area contributed by atoms with Gasteiger partial charge in [0, 0.05) is 18.9 Å². The minimum Gasteiger partial charge on any atom is -0.355 e. The van der Waals surface area contributed by atoms with E-state index in [4.69, 9.17) is 0 Å². The topological polar surface area (TPSA) is 29.9 Å². The van der Waals surface area contributed by atoms with E-state index in [0.29, 0.717) is 11.6 Å². The van der Waals surface area contributed by atoms with Crippen LogP contribution in [0.15, 0.2) is 36.7 Å². The summed E-state index contributed by atoms with van der Waals surface area (Å²) in [5.74, 6) is 0.438. The predicted octanol–water partition coefficient (Wildman–Crippen LogP) is 3.22. The van der Waals surface area contributed by atoms with Crippen molar-refractivity contribution >= 4 is 5.95 Å². The Balaban J connectivity index is 2.22. The van der Waals surface area contributed by atoms with E-state index in [1.807, 2.05) is 6.07 Å². The van der Waals surface area contributed by atoms with E-state index < -0.39 is 0 Å². The molecule has 3 nitrogen and oxygen atoms in total. The molecule has 2 rings (SSSR count). The maximum atomic E-state index is 13.6. The van der Waals surface area contributed by atoms with Crippen LogP contribution in [-0.2, 0) is 0 Å². The number of aromatic nitrogens is 2. The highest BCUT2D eigenvalue weighted by atomic mass is 19.1. The molecule has 1 N–H and O–H groups in total. The van der Waals surface area contributed by atoms with Gasteiger partial charge in [0.1, 0.15) is 5.82 Å². The molecule has 0 unspecified atom stereocenters. The van der Waals surface area contributed by atoms with E-state index in [2.05, 4.69) is 17.2 Å². The fourth-order valence-electron chi connectivity index (χ4n) is 1.65. The van der Waals surface area contributed by atoms with Gasteiger partial charge in [-0.25, -0.2) is 9.37 Å². The lowest BCUT2D eigenvalue weighted by atomic mass is 10.3. The molecule has 0 atom stereocenters. The molecule has 0 fully saturated rings. The molecule has 17 heavy (non-hydrogen) atoms. The van der Waals surface area contributed by atoms with Crippen molar-refractivity contribution in [3.05, 3.63) is 42.5 Å². The van der Waals surface area contributed by atoms with Gasteiger partial charge in [-0.2, -0.15) is 0 Å². The van der Waals surface area contributed by atoms with Crippen LogP contribution in [0.4, 0.5) is 10.3 Å². The Bertz CT molecular complexity index is 479. The monoisotopic (exact) mass is 233 g/mol. The average molecular weight is 233 g/mol. The zero-order chi connectivity index (χ0) is 12.1. The van der Waals surface area contributed by atoms with Crippen LogP contribution in [0.5, 0.6) is 0 Å². The van der Waals surface area contributed by atoms with E-state index in [9.17, 15) is 4.39 Å². The van der Waals surface area contributed by atoms with Gasteiger partial charge in [0.15, 0.2) is 0 Å². The van der Waals surface area contributed by atoms with Crippen molar-refractivity contribution in [3.8, 4) is 5.69 Å². The molecule has 0 aliphatic heterocycles. The molecule has 0 spiro atoms. The minimum atomic E-state index is -0.246. The van der Waals surface area contributed by atoms with Crippen LogP contribution in [-0.4, -0.2) is 16.1 Å². The molecule has 0 saturated heterocycles. The Hall–Kier alpha value is -1.84. The molecule has 0 aliphatic carbocycles. The molecule has 1 heterocycles. The van der Waals surface area contributed by atoms with Crippen LogP contribution in [0.25, 0.3) is 5.69 Å². The van der Waals surface area contributed by atoms with Gasteiger partial charge in [-0.3, -0.25) is 4.57 Å². The highest BCUT2D eigenvalue weighted by Crippen LogP contribution is 2.17. The number of nitrogens with one attached hydrogen (secondary N) is 1. The Morgan fingerprint density at radius 2 is 2.18 bits per heavy atom. The zero-order valence-corrected chi connectivity index (χ0v) is 9.86. The molecule has 1 aromatic heterocycles. The van der Waals surface area contributed by atoms with Gasteiger partial charge in [-0.1, -0.05) is 25.5 Å². The first kappa shape index (κ1) is 11.6. The summed E-state index contributed by atoms with van der Waals surface area (Å²) in [4.78, 5) is 4.19. The van der Waals surface area contributed by atoms with Crippen molar-refractivity contribution in [2.75, 3.05) is 11.9 Å². The number of benzene rings is 1. The van der Waals surface area contributed by atoms with E-state index in [-0.39, 0.29) is 5.82 Å². The van der Waals surface area contributed by atoms with Gasteiger partial charge in [-0.15, -0.1) is 0 Å². The Labute approximate surface area is 100 Å². The molecule has 0 bridgehead atoms. The van der Waals surface area contributed by atoms with Crippen molar-refractivity contribution in [3.63, 3.8) is 0 Å². The third-order valence-electron chi connectivity index (χ3n) is 2.57. The van der Waals surface area contributed by atoms with Crippen molar-refractivity contribution in [2.24, 2.45) is 0 Å². The standard InChI is InChI=1S/C13H16FN3/c1-2-3-8-15-13-16-9-10-17(13)12-7-5-4-6-11(12)14/h4-7,9-10H,2-3,8H2,1H3,(H,15,16). The van der Waals surface area contributed by atoms with Crippen molar-refractivity contribution in [2.45, 2.75) is 19.8 Å². The summed E-state index contributed by atoms with van der Waals surface area (Å²) in [6, 6.07) is 6.68. The second-order valence-electron chi connectivity index (χ2n) is 3.85. The quantitative estimate of drug-likeness (QED) is 0.803. The molecule has 2 aromatic rings. The number of imidazole rings is 1. The predicted molar refractivity (Wildman–Crippen MR) is 66.9 cm³/mol. The molecule has 90 valence electrons. The van der Waals surface area contributed by atoms with E-state index >= 15 is 0 Å². The fraction of sp³-hybridized carbons (Fsp3) is 0.308. The largest absolute Gasteiger partial charge is 0.355 e. The van der Waals surface area contributed by atoms with Gasteiger partial charge in [-0.05, 0) is 18.6 Å². The lowest BCUT2D eigenvalue weighted by Crippen LogP contribution is -2.08. The molecular formula is C13H16FN3. The molecule has 4 heteroatoms. The van der Waals surface area contributed by atoms with Gasteiger partial charge in [0.25, 0.3) is 0 Å². The zero-order valence-electron chi connectivity index (χ0n) is 9.86. The molecular weight excluding hydrogens is 217 g/mol. The van der Waals surface area contributed by atoms with Gasteiger partial charge >= 0.3 is 0 Å². The number of nitrogens with zero attached hydrogens (tertiary/aromatic N) is 2. The van der Waals surface area contributed by atoms with Crippen molar-refractivity contribution in [1.29, 1.82) is 0 Å². The summed E-state index contributed by atoms with van der Waals surface area (Å²) >= 11 is 0. The van der Waals surface area contributed by atoms with Crippen molar-refractivity contribution in [1.82, 2.24) is 9.55 Å². The first-order valence-corrected chi connectivity index (χ1v) is 5.85. The van der Waals surface area contributed by atoms with Gasteiger partial charge in [0.2, 0.25) is 5.95 Å². The second kappa shape index (κ2) is 5.48. The number of hydrogen-bond donors (Lipinski definition) is 1. The first-order valence-electron chi connectivity index (χ1n) is 5.85. The molecule has 0 aliphatic rings.